The number of rotatable bonds is 11. The van der Waals surface area contributed by atoms with Gasteiger partial charge in [0.2, 0.25) is 5.91 Å². The summed E-state index contributed by atoms with van der Waals surface area (Å²) in [4.78, 5) is 24.5. The summed E-state index contributed by atoms with van der Waals surface area (Å²) in [6.45, 7) is 7.45. The van der Waals surface area contributed by atoms with Gasteiger partial charge in [-0.25, -0.2) is 4.79 Å². The monoisotopic (exact) mass is 400 g/mol. The van der Waals surface area contributed by atoms with Crippen molar-refractivity contribution in [1.82, 2.24) is 10.6 Å². The topological polar surface area (TPSA) is 103 Å². The number of hydrogen-bond donors (Lipinski definition) is 2. The maximum atomic E-state index is 12.4. The molecule has 8 nitrogen and oxygen atoms in total. The van der Waals surface area contributed by atoms with Crippen LogP contribution in [0.5, 0.6) is 0 Å². The summed E-state index contributed by atoms with van der Waals surface area (Å²) in [7, 11) is -3.41. The first kappa shape index (κ1) is 23.1. The number of alkyl carbamates (subject to hydrolysis) is 1. The lowest BCUT2D eigenvalue weighted by Crippen LogP contribution is -2.50. The minimum absolute atomic E-state index is 0.100. The van der Waals surface area contributed by atoms with E-state index in [-0.39, 0.29) is 32.0 Å². The van der Waals surface area contributed by atoms with E-state index in [1.54, 1.807) is 27.7 Å². The van der Waals surface area contributed by atoms with Crippen molar-refractivity contribution < 1.29 is 27.9 Å². The summed E-state index contributed by atoms with van der Waals surface area (Å²) in [5.74, 6) is -0.686. The summed E-state index contributed by atoms with van der Waals surface area (Å²) in [6.07, 6.45) is -0.970. The lowest BCUT2D eigenvalue weighted by molar-refractivity contribution is -0.123. The Morgan fingerprint density at radius 3 is 2.19 bits per heavy atom. The van der Waals surface area contributed by atoms with E-state index in [2.05, 4.69) is 10.6 Å². The smallest absolute Gasteiger partial charge is 0.408 e. The molecule has 0 aliphatic heterocycles. The van der Waals surface area contributed by atoms with Crippen LogP contribution in [0.3, 0.4) is 0 Å². The van der Waals surface area contributed by atoms with Crippen LogP contribution in [0, 0.1) is 5.92 Å². The highest BCUT2D eigenvalue weighted by molar-refractivity contribution is 7.53. The van der Waals surface area contributed by atoms with Crippen molar-refractivity contribution in [2.24, 2.45) is 5.92 Å². The SMILES string of the molecule is CCOP(=O)(CNC(=O)C(NC(=O)OCc1ccccc1)C(C)C)OCC. The highest BCUT2D eigenvalue weighted by Gasteiger charge is 2.29. The fourth-order valence-electron chi connectivity index (χ4n) is 2.23. The average Bonchev–Trinajstić information content (AvgIpc) is 2.63. The Hall–Kier alpha value is -1.89. The summed E-state index contributed by atoms with van der Waals surface area (Å²) in [5.41, 5.74) is 0.840. The second kappa shape index (κ2) is 11.7. The first-order chi connectivity index (χ1) is 12.8. The number of nitrogens with one attached hydrogen (secondary N) is 2. The van der Waals surface area contributed by atoms with Crippen LogP contribution in [-0.4, -0.2) is 37.5 Å². The van der Waals surface area contributed by atoms with Crippen LogP contribution in [0.2, 0.25) is 0 Å². The van der Waals surface area contributed by atoms with E-state index in [1.807, 2.05) is 30.3 Å². The molecule has 1 atom stereocenters. The third kappa shape index (κ3) is 8.56. The first-order valence-corrected chi connectivity index (χ1v) is 10.7. The first-order valence-electron chi connectivity index (χ1n) is 8.94. The minimum atomic E-state index is -3.41. The van der Waals surface area contributed by atoms with Crippen molar-refractivity contribution in [2.45, 2.75) is 40.3 Å². The molecule has 2 amide bonds. The molecule has 0 bridgehead atoms. The normalized spacial score (nSPS) is 12.5. The molecule has 0 fully saturated rings. The summed E-state index contributed by atoms with van der Waals surface area (Å²) in [5, 5.41) is 5.07. The molecule has 0 aromatic heterocycles. The van der Waals surface area contributed by atoms with Crippen molar-refractivity contribution in [2.75, 3.05) is 19.5 Å². The second-order valence-electron chi connectivity index (χ2n) is 6.07. The Morgan fingerprint density at radius 1 is 1.07 bits per heavy atom. The van der Waals surface area contributed by atoms with Crippen molar-refractivity contribution in [3.63, 3.8) is 0 Å². The molecule has 1 rings (SSSR count). The van der Waals surface area contributed by atoms with Crippen LogP contribution in [0.1, 0.15) is 33.3 Å². The summed E-state index contributed by atoms with van der Waals surface area (Å²) >= 11 is 0. The molecule has 152 valence electrons. The molecular formula is C18H29N2O6P. The van der Waals surface area contributed by atoms with Crippen LogP contribution in [0.15, 0.2) is 30.3 Å². The Bertz CT molecular complexity index is 628. The van der Waals surface area contributed by atoms with Gasteiger partial charge in [-0.3, -0.25) is 9.36 Å². The average molecular weight is 400 g/mol. The van der Waals surface area contributed by atoms with E-state index >= 15 is 0 Å². The molecule has 0 spiro atoms. The molecule has 0 aliphatic carbocycles. The molecule has 0 heterocycles. The quantitative estimate of drug-likeness (QED) is 0.553. The van der Waals surface area contributed by atoms with Gasteiger partial charge in [0.15, 0.2) is 0 Å². The van der Waals surface area contributed by atoms with Gasteiger partial charge >= 0.3 is 13.7 Å². The van der Waals surface area contributed by atoms with Crippen LogP contribution in [0.4, 0.5) is 4.79 Å². The molecule has 0 saturated heterocycles. The van der Waals surface area contributed by atoms with Crippen molar-refractivity contribution in [3.8, 4) is 0 Å². The molecule has 2 N–H and O–H groups in total. The highest BCUT2D eigenvalue weighted by Crippen LogP contribution is 2.46. The predicted molar refractivity (Wildman–Crippen MR) is 102 cm³/mol. The third-order valence-electron chi connectivity index (χ3n) is 3.53. The minimum Gasteiger partial charge on any atom is -0.445 e. The molecule has 0 aliphatic rings. The van der Waals surface area contributed by atoms with Crippen LogP contribution >= 0.6 is 7.60 Å². The van der Waals surface area contributed by atoms with Crippen molar-refractivity contribution >= 4 is 19.6 Å². The number of benzene rings is 1. The fourth-order valence-corrected chi connectivity index (χ4v) is 3.63. The van der Waals surface area contributed by atoms with Gasteiger partial charge in [-0.2, -0.15) is 0 Å². The Morgan fingerprint density at radius 2 is 1.67 bits per heavy atom. The van der Waals surface area contributed by atoms with Crippen molar-refractivity contribution in [3.05, 3.63) is 35.9 Å². The summed E-state index contributed by atoms with van der Waals surface area (Å²) < 4.78 is 27.8. The molecular weight excluding hydrogens is 371 g/mol. The van der Waals surface area contributed by atoms with Crippen LogP contribution < -0.4 is 10.6 Å². The number of amides is 2. The van der Waals surface area contributed by atoms with Gasteiger partial charge in [0.1, 0.15) is 18.9 Å². The molecule has 0 radical (unpaired) electrons. The molecule has 27 heavy (non-hydrogen) atoms. The van der Waals surface area contributed by atoms with Gasteiger partial charge < -0.3 is 24.4 Å². The van der Waals surface area contributed by atoms with E-state index in [0.717, 1.165) is 5.56 Å². The third-order valence-corrected chi connectivity index (χ3v) is 5.38. The maximum absolute atomic E-state index is 12.4. The number of carbonyl (C=O) groups is 2. The molecule has 9 heteroatoms. The molecule has 1 unspecified atom stereocenters. The van der Waals surface area contributed by atoms with Crippen LogP contribution in [-0.2, 0) is 29.8 Å². The lowest BCUT2D eigenvalue weighted by atomic mass is 10.0. The lowest BCUT2D eigenvalue weighted by Gasteiger charge is -2.23. The van der Waals surface area contributed by atoms with Crippen LogP contribution in [0.25, 0.3) is 0 Å². The number of carbonyl (C=O) groups excluding carboxylic acids is 2. The van der Waals surface area contributed by atoms with Gasteiger partial charge in [0, 0.05) is 0 Å². The van der Waals surface area contributed by atoms with E-state index in [1.165, 1.54) is 0 Å². The summed E-state index contributed by atoms with van der Waals surface area (Å²) in [6, 6.07) is 8.38. The zero-order chi connectivity index (χ0) is 20.3. The van der Waals surface area contributed by atoms with Gasteiger partial charge in [-0.1, -0.05) is 44.2 Å². The van der Waals surface area contributed by atoms with E-state index in [9.17, 15) is 14.2 Å². The van der Waals surface area contributed by atoms with E-state index in [0.29, 0.717) is 0 Å². The van der Waals surface area contributed by atoms with Gasteiger partial charge in [-0.15, -0.1) is 0 Å². The van der Waals surface area contributed by atoms with E-state index in [4.69, 9.17) is 13.8 Å². The Balaban J connectivity index is 2.59. The Labute approximate surface area is 160 Å². The van der Waals surface area contributed by atoms with Gasteiger partial charge in [-0.05, 0) is 25.3 Å². The predicted octanol–water partition coefficient (Wildman–Crippen LogP) is 3.28. The fraction of sp³-hybridized carbons (Fsp3) is 0.556. The Kier molecular flexibility index (Phi) is 10.1. The molecule has 0 saturated carbocycles. The zero-order valence-electron chi connectivity index (χ0n) is 16.3. The highest BCUT2D eigenvalue weighted by atomic mass is 31.2. The second-order valence-corrected chi connectivity index (χ2v) is 8.13. The number of hydrogen-bond acceptors (Lipinski definition) is 6. The van der Waals surface area contributed by atoms with E-state index < -0.39 is 25.6 Å². The zero-order valence-corrected chi connectivity index (χ0v) is 17.2. The standard InChI is InChI=1S/C18H29N2O6P/c1-5-25-27(23,26-6-2)13-19-17(21)16(14(3)4)20-18(22)24-12-15-10-8-7-9-11-15/h7-11,14,16H,5-6,12-13H2,1-4H3,(H,19,21)(H,20,22). The maximum Gasteiger partial charge on any atom is 0.408 e. The van der Waals surface area contributed by atoms with Gasteiger partial charge in [0.05, 0.1) is 13.2 Å². The molecule has 1 aromatic carbocycles. The number of ether oxygens (including phenoxy) is 1. The van der Waals surface area contributed by atoms with Gasteiger partial charge in [0.25, 0.3) is 0 Å². The molecule has 1 aromatic rings. The largest absolute Gasteiger partial charge is 0.445 e. The van der Waals surface area contributed by atoms with Crippen molar-refractivity contribution in [1.29, 1.82) is 0 Å².